The molecule has 20 heavy (non-hydrogen) atoms. The molecule has 0 radical (unpaired) electrons. The number of hydrogen-bond donors (Lipinski definition) is 1. The van der Waals surface area contributed by atoms with Crippen molar-refractivity contribution in [1.82, 2.24) is 4.90 Å². The predicted octanol–water partition coefficient (Wildman–Crippen LogP) is 2.72. The molecule has 0 amide bonds. The van der Waals surface area contributed by atoms with E-state index in [4.69, 9.17) is 4.74 Å². The van der Waals surface area contributed by atoms with E-state index in [1.165, 1.54) is 51.4 Å². The highest BCUT2D eigenvalue weighted by atomic mass is 16.5. The molecule has 3 unspecified atom stereocenters. The minimum absolute atomic E-state index is 0.253. The molecular weight excluding hydrogens is 250 g/mol. The zero-order chi connectivity index (χ0) is 13.6. The molecule has 4 aliphatic rings. The standard InChI is InChI=1S/C17H29NO2/c19-17-8-2-1-4-14(17)13-18(10-9-17)15-5-11-20-16(12-15)6-3-7-16/h14-15,19H,1-13H2. The SMILES string of the molecule is OC12CCCCC1CN(C1CCOC3(CCC3)C1)CC2. The van der Waals surface area contributed by atoms with Crippen LogP contribution in [-0.2, 0) is 4.74 Å². The van der Waals surface area contributed by atoms with Gasteiger partial charge in [0.1, 0.15) is 0 Å². The van der Waals surface area contributed by atoms with E-state index in [-0.39, 0.29) is 11.2 Å². The van der Waals surface area contributed by atoms with E-state index in [0.29, 0.717) is 5.92 Å². The minimum Gasteiger partial charge on any atom is -0.390 e. The highest BCUT2D eigenvalue weighted by molar-refractivity contribution is 5.01. The van der Waals surface area contributed by atoms with Crippen molar-refractivity contribution in [2.45, 2.75) is 81.5 Å². The van der Waals surface area contributed by atoms with Crippen molar-refractivity contribution in [3.63, 3.8) is 0 Å². The lowest BCUT2D eigenvalue weighted by Gasteiger charge is -2.53. The molecule has 0 aromatic rings. The van der Waals surface area contributed by atoms with Gasteiger partial charge in [0.25, 0.3) is 0 Å². The van der Waals surface area contributed by atoms with Crippen LogP contribution in [0.2, 0.25) is 0 Å². The van der Waals surface area contributed by atoms with Crippen molar-refractivity contribution in [3.05, 3.63) is 0 Å². The van der Waals surface area contributed by atoms with Crippen molar-refractivity contribution in [2.75, 3.05) is 19.7 Å². The second kappa shape index (κ2) is 4.96. The number of fused-ring (bicyclic) bond motifs is 1. The molecule has 2 aliphatic carbocycles. The molecule has 0 bridgehead atoms. The van der Waals surface area contributed by atoms with Crippen molar-refractivity contribution >= 4 is 0 Å². The zero-order valence-electron chi connectivity index (χ0n) is 12.6. The Morgan fingerprint density at radius 3 is 2.70 bits per heavy atom. The lowest BCUT2D eigenvalue weighted by atomic mass is 9.69. The molecule has 3 atom stereocenters. The Balaban J connectivity index is 1.42. The van der Waals surface area contributed by atoms with E-state index in [0.717, 1.165) is 38.6 Å². The maximum atomic E-state index is 10.8. The first-order valence-electron chi connectivity index (χ1n) is 8.80. The largest absolute Gasteiger partial charge is 0.390 e. The Morgan fingerprint density at radius 1 is 1.00 bits per heavy atom. The molecule has 3 nitrogen and oxygen atoms in total. The molecule has 2 saturated carbocycles. The van der Waals surface area contributed by atoms with Gasteiger partial charge in [0.15, 0.2) is 0 Å². The van der Waals surface area contributed by atoms with Gasteiger partial charge >= 0.3 is 0 Å². The van der Waals surface area contributed by atoms with E-state index in [1.54, 1.807) is 0 Å². The van der Waals surface area contributed by atoms with Crippen LogP contribution in [0.15, 0.2) is 0 Å². The van der Waals surface area contributed by atoms with Crippen LogP contribution in [0.25, 0.3) is 0 Å². The molecular formula is C17H29NO2. The Morgan fingerprint density at radius 2 is 1.90 bits per heavy atom. The fourth-order valence-corrected chi connectivity index (χ4v) is 5.16. The maximum Gasteiger partial charge on any atom is 0.0700 e. The summed E-state index contributed by atoms with van der Waals surface area (Å²) in [5.74, 6) is 0.533. The summed E-state index contributed by atoms with van der Waals surface area (Å²) in [4.78, 5) is 2.70. The van der Waals surface area contributed by atoms with Crippen LogP contribution in [0.5, 0.6) is 0 Å². The van der Waals surface area contributed by atoms with Crippen LogP contribution < -0.4 is 0 Å². The Kier molecular flexibility index (Phi) is 3.36. The van der Waals surface area contributed by atoms with Crippen molar-refractivity contribution in [1.29, 1.82) is 0 Å². The molecule has 114 valence electrons. The van der Waals surface area contributed by atoms with E-state index in [1.807, 2.05) is 0 Å². The molecule has 2 heterocycles. The molecule has 0 aromatic carbocycles. The lowest BCUT2D eigenvalue weighted by molar-refractivity contribution is -0.163. The van der Waals surface area contributed by atoms with Gasteiger partial charge in [-0.15, -0.1) is 0 Å². The van der Waals surface area contributed by atoms with Crippen LogP contribution in [-0.4, -0.2) is 46.9 Å². The van der Waals surface area contributed by atoms with Gasteiger partial charge < -0.3 is 9.84 Å². The maximum absolute atomic E-state index is 10.8. The molecule has 2 aliphatic heterocycles. The first-order chi connectivity index (χ1) is 9.69. The third-order valence-electron chi connectivity index (χ3n) is 6.71. The molecule has 4 rings (SSSR count). The summed E-state index contributed by atoms with van der Waals surface area (Å²) in [5.41, 5.74) is -0.0721. The van der Waals surface area contributed by atoms with E-state index < -0.39 is 0 Å². The summed E-state index contributed by atoms with van der Waals surface area (Å²) in [6, 6.07) is 0.718. The van der Waals surface area contributed by atoms with E-state index in [9.17, 15) is 5.11 Å². The second-order valence-corrected chi connectivity index (χ2v) is 7.82. The average Bonchev–Trinajstić information content (AvgIpc) is 2.45. The Hall–Kier alpha value is -0.120. The highest BCUT2D eigenvalue weighted by Gasteiger charge is 2.47. The van der Waals surface area contributed by atoms with Crippen molar-refractivity contribution in [2.24, 2.45) is 5.92 Å². The summed E-state index contributed by atoms with van der Waals surface area (Å²) < 4.78 is 6.07. The van der Waals surface area contributed by atoms with E-state index >= 15 is 0 Å². The zero-order valence-corrected chi connectivity index (χ0v) is 12.6. The molecule has 2 saturated heterocycles. The molecule has 4 fully saturated rings. The second-order valence-electron chi connectivity index (χ2n) is 7.82. The van der Waals surface area contributed by atoms with Crippen molar-refractivity contribution in [3.8, 4) is 0 Å². The fraction of sp³-hybridized carbons (Fsp3) is 1.00. The minimum atomic E-state index is -0.325. The number of likely N-dealkylation sites (tertiary alicyclic amines) is 1. The topological polar surface area (TPSA) is 32.7 Å². The third kappa shape index (κ3) is 2.22. The predicted molar refractivity (Wildman–Crippen MR) is 78.7 cm³/mol. The summed E-state index contributed by atoms with van der Waals surface area (Å²) in [7, 11) is 0. The molecule has 1 N–H and O–H groups in total. The van der Waals surface area contributed by atoms with Gasteiger partial charge in [-0.3, -0.25) is 4.90 Å². The first-order valence-corrected chi connectivity index (χ1v) is 8.80. The number of rotatable bonds is 1. The quantitative estimate of drug-likeness (QED) is 0.801. The summed E-state index contributed by atoms with van der Waals surface area (Å²) in [6.07, 6.45) is 12.2. The number of piperidine rings is 1. The van der Waals surface area contributed by atoms with Crippen LogP contribution in [0, 0.1) is 5.92 Å². The van der Waals surface area contributed by atoms with Gasteiger partial charge in [0.05, 0.1) is 11.2 Å². The lowest BCUT2D eigenvalue weighted by Crippen LogP contribution is -2.59. The number of aliphatic hydroxyl groups is 1. The normalized spacial score (nSPS) is 44.9. The van der Waals surface area contributed by atoms with Crippen LogP contribution in [0.3, 0.4) is 0 Å². The van der Waals surface area contributed by atoms with Gasteiger partial charge in [-0.2, -0.15) is 0 Å². The van der Waals surface area contributed by atoms with Gasteiger partial charge in [0.2, 0.25) is 0 Å². The van der Waals surface area contributed by atoms with Gasteiger partial charge in [-0.05, 0) is 51.4 Å². The van der Waals surface area contributed by atoms with Crippen molar-refractivity contribution < 1.29 is 9.84 Å². The highest BCUT2D eigenvalue weighted by Crippen LogP contribution is 2.45. The third-order valence-corrected chi connectivity index (χ3v) is 6.71. The monoisotopic (exact) mass is 279 g/mol. The molecule has 3 heteroatoms. The van der Waals surface area contributed by atoms with Gasteiger partial charge in [-0.1, -0.05) is 12.8 Å². The van der Waals surface area contributed by atoms with Crippen LogP contribution in [0.1, 0.15) is 64.2 Å². The number of ether oxygens (including phenoxy) is 1. The summed E-state index contributed by atoms with van der Waals surface area (Å²) >= 11 is 0. The Bertz CT molecular complexity index is 368. The molecule has 1 spiro atoms. The van der Waals surface area contributed by atoms with Crippen LogP contribution >= 0.6 is 0 Å². The number of nitrogens with zero attached hydrogens (tertiary/aromatic N) is 1. The van der Waals surface area contributed by atoms with Gasteiger partial charge in [0, 0.05) is 31.7 Å². The van der Waals surface area contributed by atoms with Crippen LogP contribution in [0.4, 0.5) is 0 Å². The average molecular weight is 279 g/mol. The van der Waals surface area contributed by atoms with Gasteiger partial charge in [-0.25, -0.2) is 0 Å². The smallest absolute Gasteiger partial charge is 0.0700 e. The summed E-state index contributed by atoms with van der Waals surface area (Å²) in [5, 5.41) is 10.8. The Labute approximate surface area is 122 Å². The summed E-state index contributed by atoms with van der Waals surface area (Å²) in [6.45, 7) is 3.20. The molecule has 0 aromatic heterocycles. The number of hydrogen-bond acceptors (Lipinski definition) is 3. The van der Waals surface area contributed by atoms with E-state index in [2.05, 4.69) is 4.90 Å². The fourth-order valence-electron chi connectivity index (χ4n) is 5.16. The first kappa shape index (κ1) is 13.5.